The summed E-state index contributed by atoms with van der Waals surface area (Å²) in [6, 6.07) is 3.47. The number of methoxy groups -OCH3 is 1. The lowest BCUT2D eigenvalue weighted by Crippen LogP contribution is -2.37. The summed E-state index contributed by atoms with van der Waals surface area (Å²) in [4.78, 5) is 18.4. The Balaban J connectivity index is 2.11. The van der Waals surface area contributed by atoms with Gasteiger partial charge in [0.25, 0.3) is 0 Å². The summed E-state index contributed by atoms with van der Waals surface area (Å²) >= 11 is 6.25. The van der Waals surface area contributed by atoms with E-state index in [4.69, 9.17) is 21.1 Å². The van der Waals surface area contributed by atoms with Crippen LogP contribution in [0.5, 0.6) is 5.75 Å². The van der Waals surface area contributed by atoms with Crippen LogP contribution >= 0.6 is 11.6 Å². The van der Waals surface area contributed by atoms with Gasteiger partial charge in [-0.1, -0.05) is 11.6 Å². The number of benzene rings is 1. The van der Waals surface area contributed by atoms with Crippen molar-refractivity contribution in [2.75, 3.05) is 33.4 Å². The third-order valence-electron chi connectivity index (χ3n) is 4.09. The number of ether oxygens (including phenoxy) is 2. The number of aromatic nitrogens is 1. The van der Waals surface area contributed by atoms with Crippen LogP contribution in [0.3, 0.4) is 0 Å². The largest absolute Gasteiger partial charge is 0.495 e. The van der Waals surface area contributed by atoms with Gasteiger partial charge in [-0.05, 0) is 19.1 Å². The number of hydrogen-bond acceptors (Lipinski definition) is 4. The van der Waals surface area contributed by atoms with Crippen LogP contribution in [-0.4, -0.2) is 43.3 Å². The highest BCUT2D eigenvalue weighted by atomic mass is 35.5. The van der Waals surface area contributed by atoms with E-state index in [0.29, 0.717) is 41.4 Å². The van der Waals surface area contributed by atoms with Crippen molar-refractivity contribution in [2.45, 2.75) is 13.5 Å². The maximum atomic E-state index is 12.9. The summed E-state index contributed by atoms with van der Waals surface area (Å²) in [5.74, 6) is 0.623. The molecular weight excluding hydrogens is 304 g/mol. The quantitative estimate of drug-likeness (QED) is 0.942. The second kappa shape index (κ2) is 6.28. The first-order valence-electron chi connectivity index (χ1n) is 7.30. The van der Waals surface area contributed by atoms with Crippen molar-refractivity contribution < 1.29 is 9.47 Å². The van der Waals surface area contributed by atoms with Gasteiger partial charge in [0.2, 0.25) is 0 Å². The molecule has 1 aliphatic heterocycles. The molecule has 0 bridgehead atoms. The van der Waals surface area contributed by atoms with Crippen LogP contribution in [0.4, 0.5) is 0 Å². The number of pyridine rings is 1. The Morgan fingerprint density at radius 1 is 1.36 bits per heavy atom. The molecule has 0 aliphatic carbocycles. The molecule has 0 spiro atoms. The van der Waals surface area contributed by atoms with Crippen molar-refractivity contribution in [1.82, 2.24) is 9.88 Å². The molecule has 1 aromatic heterocycles. The normalized spacial score (nSPS) is 16.1. The van der Waals surface area contributed by atoms with E-state index in [1.807, 2.05) is 6.92 Å². The molecule has 3 rings (SSSR count). The first-order chi connectivity index (χ1) is 10.6. The molecule has 0 saturated carbocycles. The minimum atomic E-state index is -0.0263. The Kier molecular flexibility index (Phi) is 4.38. The smallest absolute Gasteiger partial charge is 0.195 e. The van der Waals surface area contributed by atoms with Crippen LogP contribution in [0, 0.1) is 6.92 Å². The third kappa shape index (κ3) is 2.72. The summed E-state index contributed by atoms with van der Waals surface area (Å²) in [6.07, 6.45) is 0. The van der Waals surface area contributed by atoms with Crippen LogP contribution in [0.15, 0.2) is 16.9 Å². The molecule has 5 nitrogen and oxygen atoms in total. The molecule has 1 N–H and O–H groups in total. The Hall–Kier alpha value is -1.56. The van der Waals surface area contributed by atoms with Crippen LogP contribution in [0.1, 0.15) is 11.3 Å². The average Bonchev–Trinajstić information content (AvgIpc) is 2.52. The minimum absolute atomic E-state index is 0.0263. The molecule has 22 heavy (non-hydrogen) atoms. The molecule has 0 amide bonds. The molecule has 0 radical (unpaired) electrons. The molecule has 6 heteroatoms. The van der Waals surface area contributed by atoms with Gasteiger partial charge in [0.1, 0.15) is 5.75 Å². The maximum Gasteiger partial charge on any atom is 0.195 e. The highest BCUT2D eigenvalue weighted by Gasteiger charge is 2.18. The van der Waals surface area contributed by atoms with Gasteiger partial charge < -0.3 is 14.5 Å². The van der Waals surface area contributed by atoms with Gasteiger partial charge in [0.15, 0.2) is 5.43 Å². The van der Waals surface area contributed by atoms with Gasteiger partial charge in [-0.15, -0.1) is 0 Å². The zero-order chi connectivity index (χ0) is 15.7. The fourth-order valence-electron chi connectivity index (χ4n) is 2.83. The number of aromatic amines is 1. The number of nitrogens with zero attached hydrogens (tertiary/aromatic N) is 1. The minimum Gasteiger partial charge on any atom is -0.495 e. The zero-order valence-electron chi connectivity index (χ0n) is 12.7. The SMILES string of the molecule is COc1ccc(Cl)c2c(=O)c(CN3CCOCC3)c(C)[nH]c12. The molecule has 1 fully saturated rings. The number of H-pyrrole nitrogens is 1. The predicted molar refractivity (Wildman–Crippen MR) is 87.0 cm³/mol. The van der Waals surface area contributed by atoms with Crippen molar-refractivity contribution in [3.63, 3.8) is 0 Å². The Bertz CT molecular complexity index is 751. The number of aryl methyl sites for hydroxylation is 1. The van der Waals surface area contributed by atoms with Gasteiger partial charge in [-0.2, -0.15) is 0 Å². The van der Waals surface area contributed by atoms with Gasteiger partial charge in [-0.25, -0.2) is 0 Å². The summed E-state index contributed by atoms with van der Waals surface area (Å²) in [6.45, 7) is 5.61. The Morgan fingerprint density at radius 2 is 2.09 bits per heavy atom. The van der Waals surface area contributed by atoms with E-state index in [0.717, 1.165) is 24.3 Å². The van der Waals surface area contributed by atoms with Crippen molar-refractivity contribution in [3.8, 4) is 5.75 Å². The lowest BCUT2D eigenvalue weighted by atomic mass is 10.1. The molecule has 0 unspecified atom stereocenters. The van der Waals surface area contributed by atoms with Gasteiger partial charge in [0.05, 0.1) is 36.2 Å². The van der Waals surface area contributed by atoms with Crippen LogP contribution in [-0.2, 0) is 11.3 Å². The second-order valence-corrected chi connectivity index (χ2v) is 5.85. The summed E-state index contributed by atoms with van der Waals surface area (Å²) in [5.41, 5.74) is 2.24. The highest BCUT2D eigenvalue weighted by molar-refractivity contribution is 6.35. The number of fused-ring (bicyclic) bond motifs is 1. The fraction of sp³-hybridized carbons (Fsp3) is 0.438. The van der Waals surface area contributed by atoms with Crippen molar-refractivity contribution in [1.29, 1.82) is 0 Å². The standard InChI is InChI=1S/C16H19ClN2O3/c1-10-11(9-19-5-7-22-8-6-19)16(20)14-12(17)3-4-13(21-2)15(14)18-10/h3-4H,5-9H2,1-2H3,(H,18,20). The summed E-state index contributed by atoms with van der Waals surface area (Å²) < 4.78 is 10.7. The number of hydrogen-bond donors (Lipinski definition) is 1. The maximum absolute atomic E-state index is 12.9. The topological polar surface area (TPSA) is 54.6 Å². The molecular formula is C16H19ClN2O3. The number of nitrogens with one attached hydrogen (secondary N) is 1. The van der Waals surface area contributed by atoms with Gasteiger partial charge in [0, 0.05) is 30.9 Å². The number of rotatable bonds is 3. The van der Waals surface area contributed by atoms with Crippen molar-refractivity contribution >= 4 is 22.5 Å². The molecule has 0 atom stereocenters. The molecule has 1 aliphatic rings. The number of halogens is 1. The summed E-state index contributed by atoms with van der Waals surface area (Å²) in [7, 11) is 1.58. The third-order valence-corrected chi connectivity index (χ3v) is 4.40. The van der Waals surface area contributed by atoms with Crippen LogP contribution in [0.25, 0.3) is 10.9 Å². The van der Waals surface area contributed by atoms with Gasteiger partial charge in [-0.3, -0.25) is 9.69 Å². The highest BCUT2D eigenvalue weighted by Crippen LogP contribution is 2.28. The van der Waals surface area contributed by atoms with Crippen LogP contribution in [0.2, 0.25) is 5.02 Å². The van der Waals surface area contributed by atoms with E-state index < -0.39 is 0 Å². The monoisotopic (exact) mass is 322 g/mol. The zero-order valence-corrected chi connectivity index (χ0v) is 13.5. The number of morpholine rings is 1. The second-order valence-electron chi connectivity index (χ2n) is 5.45. The first-order valence-corrected chi connectivity index (χ1v) is 7.67. The Morgan fingerprint density at radius 3 is 2.77 bits per heavy atom. The first kappa shape index (κ1) is 15.3. The molecule has 1 saturated heterocycles. The van der Waals surface area contributed by atoms with E-state index >= 15 is 0 Å². The van der Waals surface area contributed by atoms with E-state index in [2.05, 4.69) is 9.88 Å². The van der Waals surface area contributed by atoms with Crippen LogP contribution < -0.4 is 10.2 Å². The van der Waals surface area contributed by atoms with E-state index in [1.54, 1.807) is 19.2 Å². The Labute approximate surface area is 133 Å². The van der Waals surface area contributed by atoms with Crippen molar-refractivity contribution in [3.05, 3.63) is 38.6 Å². The fourth-order valence-corrected chi connectivity index (χ4v) is 3.08. The lowest BCUT2D eigenvalue weighted by molar-refractivity contribution is 0.0339. The van der Waals surface area contributed by atoms with E-state index in [-0.39, 0.29) is 5.43 Å². The molecule has 2 aromatic rings. The van der Waals surface area contributed by atoms with E-state index in [1.165, 1.54) is 0 Å². The summed E-state index contributed by atoms with van der Waals surface area (Å²) in [5, 5.41) is 0.940. The molecule has 2 heterocycles. The van der Waals surface area contributed by atoms with Crippen molar-refractivity contribution in [2.24, 2.45) is 0 Å². The van der Waals surface area contributed by atoms with E-state index in [9.17, 15) is 4.79 Å². The van der Waals surface area contributed by atoms with Gasteiger partial charge >= 0.3 is 0 Å². The lowest BCUT2D eigenvalue weighted by Gasteiger charge is -2.27. The average molecular weight is 323 g/mol. The molecule has 118 valence electrons. The predicted octanol–water partition coefficient (Wildman–Crippen LogP) is 2.33. The molecule has 1 aromatic carbocycles.